The minimum Gasteiger partial charge on any atom is -0.483 e. The van der Waals surface area contributed by atoms with Crippen LogP contribution in [0.5, 0.6) is 5.75 Å². The molecule has 0 saturated heterocycles. The second kappa shape index (κ2) is 7.45. The predicted octanol–water partition coefficient (Wildman–Crippen LogP) is 5.62. The zero-order valence-corrected chi connectivity index (χ0v) is 15.8. The molecule has 0 heterocycles. The lowest BCUT2D eigenvalue weighted by Gasteiger charge is -2.23. The first-order valence-corrected chi connectivity index (χ1v) is 8.41. The summed E-state index contributed by atoms with van der Waals surface area (Å²) in [6, 6.07) is 11.0. The molecule has 0 aliphatic rings. The van der Waals surface area contributed by atoms with E-state index in [2.05, 4.69) is 26.1 Å². The summed E-state index contributed by atoms with van der Waals surface area (Å²) in [5.41, 5.74) is 2.67. The Balaban J connectivity index is 2.06. The van der Waals surface area contributed by atoms with Crippen molar-refractivity contribution in [2.24, 2.45) is 0 Å². The summed E-state index contributed by atoms with van der Waals surface area (Å²) in [5.74, 6) is 0.474. The van der Waals surface area contributed by atoms with Gasteiger partial charge >= 0.3 is 0 Å². The van der Waals surface area contributed by atoms with Crippen molar-refractivity contribution in [2.75, 3.05) is 11.9 Å². The van der Waals surface area contributed by atoms with E-state index in [1.54, 1.807) is 18.2 Å². The molecule has 0 bridgehead atoms. The van der Waals surface area contributed by atoms with Gasteiger partial charge in [0, 0.05) is 5.69 Å². The van der Waals surface area contributed by atoms with Gasteiger partial charge in [-0.05, 0) is 47.7 Å². The van der Waals surface area contributed by atoms with Gasteiger partial charge in [0.25, 0.3) is 5.91 Å². The molecule has 0 aliphatic carbocycles. The zero-order chi connectivity index (χ0) is 17.9. The van der Waals surface area contributed by atoms with Crippen LogP contribution in [0.4, 0.5) is 5.69 Å². The second-order valence-corrected chi connectivity index (χ2v) is 7.53. The minimum atomic E-state index is -0.255. The Bertz CT molecular complexity index is 752. The standard InChI is InChI=1S/C19H21Cl2NO2/c1-12-5-7-14(19(2,3)4)17(9-12)24-11-18(23)22-13-6-8-15(20)16(21)10-13/h5-10H,11H2,1-4H3,(H,22,23). The molecular formula is C19H21Cl2NO2. The Hall–Kier alpha value is -1.71. The largest absolute Gasteiger partial charge is 0.483 e. The van der Waals surface area contributed by atoms with Crippen LogP contribution in [0.25, 0.3) is 0 Å². The SMILES string of the molecule is Cc1ccc(C(C)(C)C)c(OCC(=O)Nc2ccc(Cl)c(Cl)c2)c1. The molecule has 1 N–H and O–H groups in total. The number of hydrogen-bond donors (Lipinski definition) is 1. The number of aryl methyl sites for hydroxylation is 1. The average molecular weight is 366 g/mol. The lowest BCUT2D eigenvalue weighted by atomic mass is 9.86. The summed E-state index contributed by atoms with van der Waals surface area (Å²) < 4.78 is 5.76. The van der Waals surface area contributed by atoms with E-state index in [0.29, 0.717) is 15.7 Å². The van der Waals surface area contributed by atoms with Crippen LogP contribution in [-0.2, 0) is 10.2 Å². The van der Waals surface area contributed by atoms with E-state index < -0.39 is 0 Å². The molecule has 0 unspecified atom stereocenters. The topological polar surface area (TPSA) is 38.3 Å². The highest BCUT2D eigenvalue weighted by atomic mass is 35.5. The Morgan fingerprint density at radius 2 is 1.79 bits per heavy atom. The number of carbonyl (C=O) groups excluding carboxylic acids is 1. The molecular weight excluding hydrogens is 345 g/mol. The highest BCUT2D eigenvalue weighted by Crippen LogP contribution is 2.32. The molecule has 128 valence electrons. The van der Waals surface area contributed by atoms with E-state index in [0.717, 1.165) is 16.9 Å². The minimum absolute atomic E-state index is 0.0663. The molecule has 1 amide bonds. The van der Waals surface area contributed by atoms with Gasteiger partial charge in [-0.3, -0.25) is 4.79 Å². The molecule has 0 fully saturated rings. The molecule has 0 radical (unpaired) electrons. The van der Waals surface area contributed by atoms with E-state index in [1.807, 2.05) is 25.1 Å². The van der Waals surface area contributed by atoms with Gasteiger partial charge in [-0.25, -0.2) is 0 Å². The second-order valence-electron chi connectivity index (χ2n) is 6.72. The van der Waals surface area contributed by atoms with Gasteiger partial charge in [0.05, 0.1) is 10.0 Å². The third-order valence-corrected chi connectivity index (χ3v) is 4.25. The Kier molecular flexibility index (Phi) is 5.79. The summed E-state index contributed by atoms with van der Waals surface area (Å²) in [5, 5.41) is 3.58. The van der Waals surface area contributed by atoms with Gasteiger partial charge in [-0.15, -0.1) is 0 Å². The van der Waals surface area contributed by atoms with Crippen LogP contribution in [0.2, 0.25) is 10.0 Å². The van der Waals surface area contributed by atoms with Crippen molar-refractivity contribution >= 4 is 34.8 Å². The first kappa shape index (κ1) is 18.6. The molecule has 2 rings (SSSR count). The molecule has 5 heteroatoms. The summed E-state index contributed by atoms with van der Waals surface area (Å²) in [6.07, 6.45) is 0. The van der Waals surface area contributed by atoms with Crippen LogP contribution in [0.15, 0.2) is 36.4 Å². The van der Waals surface area contributed by atoms with Gasteiger partial charge in [0.2, 0.25) is 0 Å². The number of rotatable bonds is 4. The van der Waals surface area contributed by atoms with Crippen molar-refractivity contribution in [3.63, 3.8) is 0 Å². The smallest absolute Gasteiger partial charge is 0.262 e. The number of benzene rings is 2. The molecule has 0 aliphatic heterocycles. The van der Waals surface area contributed by atoms with Crippen molar-refractivity contribution in [1.29, 1.82) is 0 Å². The third-order valence-electron chi connectivity index (χ3n) is 3.51. The lowest BCUT2D eigenvalue weighted by molar-refractivity contribution is -0.118. The summed E-state index contributed by atoms with van der Waals surface area (Å²) in [6.45, 7) is 8.25. The number of anilines is 1. The van der Waals surface area contributed by atoms with Crippen LogP contribution >= 0.6 is 23.2 Å². The van der Waals surface area contributed by atoms with E-state index in [4.69, 9.17) is 27.9 Å². The van der Waals surface area contributed by atoms with E-state index >= 15 is 0 Å². The fourth-order valence-corrected chi connectivity index (χ4v) is 2.58. The van der Waals surface area contributed by atoms with Crippen LogP contribution < -0.4 is 10.1 Å². The highest BCUT2D eigenvalue weighted by molar-refractivity contribution is 6.42. The summed E-state index contributed by atoms with van der Waals surface area (Å²) in [7, 11) is 0. The number of ether oxygens (including phenoxy) is 1. The van der Waals surface area contributed by atoms with Crippen molar-refractivity contribution in [3.8, 4) is 5.75 Å². The molecule has 0 spiro atoms. The van der Waals surface area contributed by atoms with Crippen molar-refractivity contribution < 1.29 is 9.53 Å². The van der Waals surface area contributed by atoms with Crippen molar-refractivity contribution in [3.05, 3.63) is 57.6 Å². The van der Waals surface area contributed by atoms with Gasteiger partial charge < -0.3 is 10.1 Å². The van der Waals surface area contributed by atoms with Crippen LogP contribution in [-0.4, -0.2) is 12.5 Å². The number of halogens is 2. The van der Waals surface area contributed by atoms with E-state index in [9.17, 15) is 4.79 Å². The zero-order valence-electron chi connectivity index (χ0n) is 14.2. The first-order chi connectivity index (χ1) is 11.2. The lowest BCUT2D eigenvalue weighted by Crippen LogP contribution is -2.22. The Labute approximate surface area is 152 Å². The molecule has 0 saturated carbocycles. The summed E-state index contributed by atoms with van der Waals surface area (Å²) in [4.78, 5) is 12.1. The van der Waals surface area contributed by atoms with Gasteiger partial charge in [0.15, 0.2) is 6.61 Å². The van der Waals surface area contributed by atoms with Crippen molar-refractivity contribution in [1.82, 2.24) is 0 Å². The van der Waals surface area contributed by atoms with E-state index in [-0.39, 0.29) is 17.9 Å². The Morgan fingerprint density at radius 1 is 1.08 bits per heavy atom. The van der Waals surface area contributed by atoms with Crippen molar-refractivity contribution in [2.45, 2.75) is 33.1 Å². The Morgan fingerprint density at radius 3 is 2.42 bits per heavy atom. The maximum atomic E-state index is 12.1. The molecule has 0 atom stereocenters. The third kappa shape index (κ3) is 4.89. The molecule has 2 aromatic rings. The quantitative estimate of drug-likeness (QED) is 0.763. The number of amides is 1. The van der Waals surface area contributed by atoms with Crippen LogP contribution in [0, 0.1) is 6.92 Å². The summed E-state index contributed by atoms with van der Waals surface area (Å²) >= 11 is 11.8. The maximum absolute atomic E-state index is 12.1. The van der Waals surface area contributed by atoms with Gasteiger partial charge in [0.1, 0.15) is 5.75 Å². The molecule has 2 aromatic carbocycles. The fraction of sp³-hybridized carbons (Fsp3) is 0.316. The monoisotopic (exact) mass is 365 g/mol. The molecule has 24 heavy (non-hydrogen) atoms. The fourth-order valence-electron chi connectivity index (χ4n) is 2.28. The van der Waals surface area contributed by atoms with Crippen LogP contribution in [0.1, 0.15) is 31.9 Å². The van der Waals surface area contributed by atoms with Crippen LogP contribution in [0.3, 0.4) is 0 Å². The van der Waals surface area contributed by atoms with Gasteiger partial charge in [-0.1, -0.05) is 56.1 Å². The van der Waals surface area contributed by atoms with Gasteiger partial charge in [-0.2, -0.15) is 0 Å². The maximum Gasteiger partial charge on any atom is 0.262 e. The van der Waals surface area contributed by atoms with E-state index in [1.165, 1.54) is 0 Å². The number of nitrogens with one attached hydrogen (secondary N) is 1. The number of hydrogen-bond acceptors (Lipinski definition) is 2. The molecule has 0 aromatic heterocycles. The molecule has 3 nitrogen and oxygen atoms in total. The predicted molar refractivity (Wildman–Crippen MR) is 100 cm³/mol. The first-order valence-electron chi connectivity index (χ1n) is 7.65. The highest BCUT2D eigenvalue weighted by Gasteiger charge is 2.19. The normalized spacial score (nSPS) is 11.2. The number of carbonyl (C=O) groups is 1. The average Bonchev–Trinajstić information content (AvgIpc) is 2.48.